The molecule has 3 heterocycles. The number of amides is 2. The van der Waals surface area contributed by atoms with Gasteiger partial charge in [-0.05, 0) is 17.0 Å². The molecule has 2 aliphatic heterocycles. The summed E-state index contributed by atoms with van der Waals surface area (Å²) in [6.07, 6.45) is 0.128. The third-order valence-electron chi connectivity index (χ3n) is 4.12. The minimum Gasteiger partial charge on any atom is -0.477 e. The standard InChI is InChI=1S/C15H17N3O5S2/c1-23-15(17-10(19)5-9-3-2-4-24-9)13(22)18-11(12(20)21)8(6-16)7-25-14(15)18/h2-4,14H,5-7,16H2,1H3,(H,17,19)(H,20,21)/t14-,15+/m1/s1. The van der Waals surface area contributed by atoms with Gasteiger partial charge in [-0.15, -0.1) is 23.1 Å². The van der Waals surface area contributed by atoms with Gasteiger partial charge in [0.05, 0.1) is 6.42 Å². The molecule has 0 saturated carbocycles. The van der Waals surface area contributed by atoms with Crippen LogP contribution in [0.3, 0.4) is 0 Å². The Labute approximate surface area is 152 Å². The van der Waals surface area contributed by atoms with E-state index in [-0.39, 0.29) is 24.6 Å². The number of nitrogens with one attached hydrogen (secondary N) is 1. The fourth-order valence-corrected chi connectivity index (χ4v) is 5.08. The number of methoxy groups -OCH3 is 1. The first-order chi connectivity index (χ1) is 11.9. The number of carbonyl (C=O) groups is 3. The smallest absolute Gasteiger partial charge is 0.352 e. The van der Waals surface area contributed by atoms with E-state index in [1.54, 1.807) is 0 Å². The predicted molar refractivity (Wildman–Crippen MR) is 92.7 cm³/mol. The second kappa shape index (κ2) is 6.79. The molecule has 2 atom stereocenters. The monoisotopic (exact) mass is 383 g/mol. The van der Waals surface area contributed by atoms with E-state index in [1.165, 1.54) is 30.2 Å². The fourth-order valence-electron chi connectivity index (χ4n) is 2.92. The van der Waals surface area contributed by atoms with Gasteiger partial charge in [0.2, 0.25) is 5.91 Å². The number of carboxylic acid groups (broad SMARTS) is 1. The summed E-state index contributed by atoms with van der Waals surface area (Å²) < 4.78 is 5.35. The lowest BCUT2D eigenvalue weighted by molar-refractivity contribution is -0.192. The molecule has 0 spiro atoms. The van der Waals surface area contributed by atoms with Crippen molar-refractivity contribution in [1.82, 2.24) is 10.2 Å². The van der Waals surface area contributed by atoms with Crippen LogP contribution in [0.25, 0.3) is 0 Å². The highest BCUT2D eigenvalue weighted by molar-refractivity contribution is 8.00. The molecule has 1 aromatic heterocycles. The summed E-state index contributed by atoms with van der Waals surface area (Å²) in [6.45, 7) is 0.0514. The summed E-state index contributed by atoms with van der Waals surface area (Å²) >= 11 is 2.76. The van der Waals surface area contributed by atoms with Gasteiger partial charge in [0.25, 0.3) is 11.6 Å². The van der Waals surface area contributed by atoms with Crippen LogP contribution >= 0.6 is 23.1 Å². The quantitative estimate of drug-likeness (QED) is 0.465. The number of thioether (sulfide) groups is 1. The Balaban J connectivity index is 1.82. The van der Waals surface area contributed by atoms with Crippen LogP contribution in [-0.2, 0) is 25.5 Å². The fraction of sp³-hybridized carbons (Fsp3) is 0.400. The molecule has 3 rings (SSSR count). The van der Waals surface area contributed by atoms with Crippen molar-refractivity contribution in [3.63, 3.8) is 0 Å². The zero-order chi connectivity index (χ0) is 18.2. The highest BCUT2D eigenvalue weighted by Crippen LogP contribution is 2.46. The molecule has 0 unspecified atom stereocenters. The first-order valence-corrected chi connectivity index (χ1v) is 9.36. The van der Waals surface area contributed by atoms with Gasteiger partial charge in [-0.3, -0.25) is 14.5 Å². The van der Waals surface area contributed by atoms with Gasteiger partial charge in [-0.1, -0.05) is 6.07 Å². The summed E-state index contributed by atoms with van der Waals surface area (Å²) in [5.74, 6) is -1.81. The number of nitrogens with zero attached hydrogens (tertiary/aromatic N) is 1. The van der Waals surface area contributed by atoms with Crippen molar-refractivity contribution >= 4 is 40.9 Å². The van der Waals surface area contributed by atoms with Gasteiger partial charge in [-0.2, -0.15) is 0 Å². The summed E-state index contributed by atoms with van der Waals surface area (Å²) in [5, 5.41) is 13.3. The van der Waals surface area contributed by atoms with Crippen LogP contribution in [0.1, 0.15) is 4.88 Å². The average Bonchev–Trinajstić information content (AvgIpc) is 3.10. The van der Waals surface area contributed by atoms with Crippen molar-refractivity contribution < 1.29 is 24.2 Å². The van der Waals surface area contributed by atoms with Crippen molar-refractivity contribution in [2.75, 3.05) is 19.4 Å². The van der Waals surface area contributed by atoms with Crippen molar-refractivity contribution in [2.24, 2.45) is 5.73 Å². The SMILES string of the molecule is CO[C@@]1(NC(=O)Cc2cccs2)C(=O)N2C(C(=O)O)=C(CN)CS[C@@H]21. The van der Waals surface area contributed by atoms with E-state index >= 15 is 0 Å². The van der Waals surface area contributed by atoms with E-state index in [2.05, 4.69) is 5.32 Å². The molecule has 0 aromatic carbocycles. The Kier molecular flexibility index (Phi) is 4.87. The molecule has 2 aliphatic rings. The second-order valence-corrected chi connectivity index (χ2v) is 7.64. The van der Waals surface area contributed by atoms with Crippen molar-refractivity contribution in [3.05, 3.63) is 33.7 Å². The van der Waals surface area contributed by atoms with E-state index in [1.807, 2.05) is 17.5 Å². The molecule has 4 N–H and O–H groups in total. The van der Waals surface area contributed by atoms with Crippen LogP contribution in [0.2, 0.25) is 0 Å². The molecule has 2 amide bonds. The number of fused-ring (bicyclic) bond motifs is 1. The lowest BCUT2D eigenvalue weighted by Gasteiger charge is -2.55. The molecule has 1 aromatic rings. The van der Waals surface area contributed by atoms with Gasteiger partial charge >= 0.3 is 5.97 Å². The number of thiophene rings is 1. The van der Waals surface area contributed by atoms with Crippen LogP contribution in [0.4, 0.5) is 0 Å². The van der Waals surface area contributed by atoms with Gasteiger partial charge in [-0.25, -0.2) is 4.79 Å². The van der Waals surface area contributed by atoms with Crippen molar-refractivity contribution in [1.29, 1.82) is 0 Å². The van der Waals surface area contributed by atoms with E-state index in [0.29, 0.717) is 11.3 Å². The maximum Gasteiger partial charge on any atom is 0.352 e. The second-order valence-electron chi connectivity index (χ2n) is 5.54. The molecule has 0 aliphatic carbocycles. The number of carboxylic acids is 1. The van der Waals surface area contributed by atoms with E-state index in [4.69, 9.17) is 10.5 Å². The van der Waals surface area contributed by atoms with E-state index in [9.17, 15) is 19.5 Å². The number of β-lactam (4-membered cyclic amide) rings is 1. The third-order valence-corrected chi connectivity index (χ3v) is 6.37. The summed E-state index contributed by atoms with van der Waals surface area (Å²) in [4.78, 5) is 38.6. The van der Waals surface area contributed by atoms with Crippen LogP contribution in [-0.4, -0.2) is 58.3 Å². The normalized spacial score (nSPS) is 25.4. The molecular formula is C15H17N3O5S2. The maximum atomic E-state index is 12.7. The van der Waals surface area contributed by atoms with Crippen LogP contribution < -0.4 is 11.1 Å². The van der Waals surface area contributed by atoms with Crippen LogP contribution in [0.5, 0.6) is 0 Å². The Morgan fingerprint density at radius 1 is 1.56 bits per heavy atom. The molecular weight excluding hydrogens is 366 g/mol. The molecule has 0 radical (unpaired) electrons. The zero-order valence-corrected chi connectivity index (χ0v) is 15.0. The molecule has 134 valence electrons. The Hall–Kier alpha value is -1.88. The van der Waals surface area contributed by atoms with Crippen LogP contribution in [0, 0.1) is 0 Å². The van der Waals surface area contributed by atoms with Gasteiger partial charge < -0.3 is 20.9 Å². The van der Waals surface area contributed by atoms with E-state index < -0.39 is 23.0 Å². The Morgan fingerprint density at radius 3 is 2.88 bits per heavy atom. The van der Waals surface area contributed by atoms with Crippen molar-refractivity contribution in [2.45, 2.75) is 17.5 Å². The largest absolute Gasteiger partial charge is 0.477 e. The number of aliphatic carboxylic acids is 1. The predicted octanol–water partition coefficient (Wildman–Crippen LogP) is -0.0380. The molecule has 1 saturated heterocycles. The van der Waals surface area contributed by atoms with Gasteiger partial charge in [0.15, 0.2) is 0 Å². The lowest BCUT2D eigenvalue weighted by atomic mass is 9.98. The Bertz CT molecular complexity index is 748. The highest BCUT2D eigenvalue weighted by atomic mass is 32.2. The zero-order valence-electron chi connectivity index (χ0n) is 13.4. The molecule has 0 bridgehead atoms. The minimum absolute atomic E-state index is 0.0514. The average molecular weight is 383 g/mol. The number of carbonyl (C=O) groups excluding carboxylic acids is 2. The third kappa shape index (κ3) is 2.84. The summed E-state index contributed by atoms with van der Waals surface area (Å²) in [5.41, 5.74) is 4.41. The topological polar surface area (TPSA) is 122 Å². The molecule has 10 heteroatoms. The Morgan fingerprint density at radius 2 is 2.32 bits per heavy atom. The van der Waals surface area contributed by atoms with Crippen LogP contribution in [0.15, 0.2) is 28.8 Å². The first-order valence-electron chi connectivity index (χ1n) is 7.43. The first kappa shape index (κ1) is 17.9. The molecule has 8 nitrogen and oxygen atoms in total. The number of hydrogen-bond acceptors (Lipinski definition) is 7. The van der Waals surface area contributed by atoms with Gasteiger partial charge in [0, 0.05) is 24.3 Å². The minimum atomic E-state index is -1.56. The summed E-state index contributed by atoms with van der Waals surface area (Å²) in [7, 11) is 1.32. The van der Waals surface area contributed by atoms with Gasteiger partial charge in [0.1, 0.15) is 11.1 Å². The van der Waals surface area contributed by atoms with Crippen molar-refractivity contribution in [3.8, 4) is 0 Å². The van der Waals surface area contributed by atoms with E-state index in [0.717, 1.165) is 9.78 Å². The molecule has 25 heavy (non-hydrogen) atoms. The number of hydrogen-bond donors (Lipinski definition) is 3. The number of rotatable bonds is 6. The number of nitrogens with two attached hydrogens (primary N) is 1. The highest BCUT2D eigenvalue weighted by Gasteiger charge is 2.66. The maximum absolute atomic E-state index is 12.7. The summed E-state index contributed by atoms with van der Waals surface area (Å²) in [6, 6.07) is 3.66. The lowest BCUT2D eigenvalue weighted by Crippen LogP contribution is -2.80. The molecule has 1 fully saturated rings. The number of ether oxygens (including phenoxy) is 1.